The van der Waals surface area contributed by atoms with Gasteiger partial charge in [0.1, 0.15) is 0 Å². The highest BCUT2D eigenvalue weighted by molar-refractivity contribution is 7.89. The van der Waals surface area contributed by atoms with Crippen LogP contribution in [0.2, 0.25) is 0 Å². The van der Waals surface area contributed by atoms with Gasteiger partial charge in [-0.05, 0) is 24.1 Å². The monoisotopic (exact) mass is 287 g/mol. The fraction of sp³-hybridized carbons (Fsp3) is 0.417. The summed E-state index contributed by atoms with van der Waals surface area (Å²) >= 11 is 0. The first-order valence-electron chi connectivity index (χ1n) is 5.83. The van der Waals surface area contributed by atoms with Crippen molar-refractivity contribution < 1.29 is 23.4 Å². The SMILES string of the molecule is CC[C@@H](CO)NS(=O)(=O)c1ccc(CC(=O)O)cc1. The molecule has 106 valence electrons. The zero-order valence-corrected chi connectivity index (χ0v) is 11.4. The van der Waals surface area contributed by atoms with Crippen LogP contribution in [-0.2, 0) is 21.2 Å². The smallest absolute Gasteiger partial charge is 0.307 e. The lowest BCUT2D eigenvalue weighted by Crippen LogP contribution is -2.36. The highest BCUT2D eigenvalue weighted by Crippen LogP contribution is 2.12. The van der Waals surface area contributed by atoms with Crippen molar-refractivity contribution in [1.82, 2.24) is 4.72 Å². The topological polar surface area (TPSA) is 104 Å². The molecule has 3 N–H and O–H groups in total. The van der Waals surface area contributed by atoms with Crippen LogP contribution in [-0.4, -0.2) is 37.2 Å². The average Bonchev–Trinajstić information content (AvgIpc) is 2.36. The Balaban J connectivity index is 2.87. The van der Waals surface area contributed by atoms with E-state index in [1.54, 1.807) is 6.92 Å². The van der Waals surface area contributed by atoms with Gasteiger partial charge in [-0.3, -0.25) is 4.79 Å². The number of aliphatic hydroxyl groups is 1. The predicted molar refractivity (Wildman–Crippen MR) is 69.3 cm³/mol. The Labute approximate surface area is 112 Å². The number of hydrogen-bond donors (Lipinski definition) is 3. The minimum atomic E-state index is -3.69. The largest absolute Gasteiger partial charge is 0.481 e. The Morgan fingerprint density at radius 3 is 2.32 bits per heavy atom. The first-order chi connectivity index (χ1) is 8.89. The molecule has 0 aromatic heterocycles. The van der Waals surface area contributed by atoms with Crippen molar-refractivity contribution in [2.75, 3.05) is 6.61 Å². The first kappa shape index (κ1) is 15.6. The van der Waals surface area contributed by atoms with Crippen molar-refractivity contribution in [1.29, 1.82) is 0 Å². The second-order valence-corrected chi connectivity index (χ2v) is 5.84. The van der Waals surface area contributed by atoms with Crippen LogP contribution >= 0.6 is 0 Å². The Bertz CT molecular complexity index is 520. The molecule has 0 unspecified atom stereocenters. The van der Waals surface area contributed by atoms with Crippen LogP contribution in [0.25, 0.3) is 0 Å². The van der Waals surface area contributed by atoms with E-state index < -0.39 is 22.0 Å². The number of carboxylic acid groups (broad SMARTS) is 1. The Kier molecular flexibility index (Phi) is 5.46. The van der Waals surface area contributed by atoms with E-state index in [1.807, 2.05) is 0 Å². The van der Waals surface area contributed by atoms with Crippen LogP contribution in [0.4, 0.5) is 0 Å². The fourth-order valence-electron chi connectivity index (χ4n) is 1.50. The molecule has 0 spiro atoms. The van der Waals surface area contributed by atoms with E-state index in [1.165, 1.54) is 24.3 Å². The third-order valence-corrected chi connectivity index (χ3v) is 4.16. The number of carbonyl (C=O) groups is 1. The molecule has 0 aliphatic carbocycles. The maximum atomic E-state index is 12.0. The summed E-state index contributed by atoms with van der Waals surface area (Å²) in [6.07, 6.45) is 0.328. The lowest BCUT2D eigenvalue weighted by Gasteiger charge is -2.14. The summed E-state index contributed by atoms with van der Waals surface area (Å²) in [6.45, 7) is 1.49. The summed E-state index contributed by atoms with van der Waals surface area (Å²) in [4.78, 5) is 10.6. The molecule has 1 atom stereocenters. The predicted octanol–water partition coefficient (Wildman–Crippen LogP) is 0.363. The van der Waals surface area contributed by atoms with Crippen molar-refractivity contribution >= 4 is 16.0 Å². The van der Waals surface area contributed by atoms with Crippen LogP contribution in [0.3, 0.4) is 0 Å². The van der Waals surface area contributed by atoms with Crippen LogP contribution in [0, 0.1) is 0 Å². The van der Waals surface area contributed by atoms with Crippen LogP contribution in [0.1, 0.15) is 18.9 Å². The third kappa shape index (κ3) is 4.62. The second-order valence-electron chi connectivity index (χ2n) is 4.12. The molecule has 19 heavy (non-hydrogen) atoms. The quantitative estimate of drug-likeness (QED) is 0.672. The molecule has 1 rings (SSSR count). The van der Waals surface area contributed by atoms with E-state index in [0.29, 0.717) is 12.0 Å². The molecular weight excluding hydrogens is 270 g/mol. The Hall–Kier alpha value is -1.44. The number of benzene rings is 1. The molecule has 6 nitrogen and oxygen atoms in total. The van der Waals surface area contributed by atoms with Crippen LogP contribution in [0.15, 0.2) is 29.2 Å². The maximum Gasteiger partial charge on any atom is 0.307 e. The lowest BCUT2D eigenvalue weighted by molar-refractivity contribution is -0.136. The van der Waals surface area contributed by atoms with E-state index in [-0.39, 0.29) is 17.9 Å². The summed E-state index contributed by atoms with van der Waals surface area (Å²) in [5.74, 6) is -0.972. The van der Waals surface area contributed by atoms with Gasteiger partial charge in [0.2, 0.25) is 10.0 Å². The number of carboxylic acids is 1. The summed E-state index contributed by atoms with van der Waals surface area (Å²) in [5, 5.41) is 17.6. The second kappa shape index (κ2) is 6.65. The molecule has 1 aromatic carbocycles. The third-order valence-electron chi connectivity index (χ3n) is 2.62. The van der Waals surface area contributed by atoms with Gasteiger partial charge in [0, 0.05) is 6.04 Å². The van der Waals surface area contributed by atoms with Crippen LogP contribution < -0.4 is 4.72 Å². The molecule has 0 fully saturated rings. The fourth-order valence-corrected chi connectivity index (χ4v) is 2.81. The summed E-state index contributed by atoms with van der Waals surface area (Å²) in [5.41, 5.74) is 0.528. The van der Waals surface area contributed by atoms with Crippen molar-refractivity contribution in [3.8, 4) is 0 Å². The molecule has 0 saturated heterocycles. The van der Waals surface area contributed by atoms with Gasteiger partial charge < -0.3 is 10.2 Å². The molecule has 0 aliphatic heterocycles. The molecule has 7 heteroatoms. The minimum absolute atomic E-state index is 0.0496. The molecule has 1 aromatic rings. The van der Waals surface area contributed by atoms with Gasteiger partial charge in [-0.15, -0.1) is 0 Å². The lowest BCUT2D eigenvalue weighted by atomic mass is 10.2. The molecular formula is C12H17NO5S. The van der Waals surface area contributed by atoms with Gasteiger partial charge in [-0.1, -0.05) is 19.1 Å². The van der Waals surface area contributed by atoms with E-state index >= 15 is 0 Å². The number of aliphatic hydroxyl groups excluding tert-OH is 1. The average molecular weight is 287 g/mol. The zero-order valence-electron chi connectivity index (χ0n) is 10.5. The summed E-state index contributed by atoms with van der Waals surface area (Å²) in [6, 6.07) is 5.10. The van der Waals surface area contributed by atoms with E-state index in [0.717, 1.165) is 0 Å². The van der Waals surface area contributed by atoms with Gasteiger partial charge in [0.05, 0.1) is 17.9 Å². The molecule has 0 saturated carbocycles. The first-order valence-corrected chi connectivity index (χ1v) is 7.31. The number of hydrogen-bond acceptors (Lipinski definition) is 4. The van der Waals surface area contributed by atoms with E-state index in [9.17, 15) is 13.2 Å². The summed E-state index contributed by atoms with van der Waals surface area (Å²) in [7, 11) is -3.69. The standard InChI is InChI=1S/C12H17NO5S/c1-2-10(8-14)13-19(17,18)11-5-3-9(4-6-11)7-12(15)16/h3-6,10,13-14H,2,7-8H2,1H3,(H,15,16)/t10-/m0/s1. The number of aliphatic carboxylic acids is 1. The van der Waals surface area contributed by atoms with Crippen molar-refractivity contribution in [3.05, 3.63) is 29.8 Å². The molecule has 0 aliphatic rings. The molecule has 0 amide bonds. The Morgan fingerprint density at radius 2 is 1.89 bits per heavy atom. The maximum absolute atomic E-state index is 12.0. The van der Waals surface area contributed by atoms with Crippen molar-refractivity contribution in [2.45, 2.75) is 30.7 Å². The zero-order chi connectivity index (χ0) is 14.5. The van der Waals surface area contributed by atoms with Crippen molar-refractivity contribution in [3.63, 3.8) is 0 Å². The molecule has 0 heterocycles. The number of rotatable bonds is 7. The van der Waals surface area contributed by atoms with Crippen LogP contribution in [0.5, 0.6) is 0 Å². The van der Waals surface area contributed by atoms with Crippen molar-refractivity contribution in [2.24, 2.45) is 0 Å². The number of nitrogens with one attached hydrogen (secondary N) is 1. The highest BCUT2D eigenvalue weighted by atomic mass is 32.2. The summed E-state index contributed by atoms with van der Waals surface area (Å²) < 4.78 is 26.3. The van der Waals surface area contributed by atoms with Gasteiger partial charge in [-0.2, -0.15) is 0 Å². The van der Waals surface area contributed by atoms with E-state index in [2.05, 4.69) is 4.72 Å². The number of sulfonamides is 1. The highest BCUT2D eigenvalue weighted by Gasteiger charge is 2.18. The van der Waals surface area contributed by atoms with Gasteiger partial charge >= 0.3 is 5.97 Å². The molecule has 0 bridgehead atoms. The van der Waals surface area contributed by atoms with E-state index in [4.69, 9.17) is 10.2 Å². The van der Waals surface area contributed by atoms with Gasteiger partial charge in [0.25, 0.3) is 0 Å². The van der Waals surface area contributed by atoms with Gasteiger partial charge in [-0.25, -0.2) is 13.1 Å². The minimum Gasteiger partial charge on any atom is -0.481 e. The van der Waals surface area contributed by atoms with Gasteiger partial charge in [0.15, 0.2) is 0 Å². The molecule has 0 radical (unpaired) electrons. The normalized spacial score (nSPS) is 13.2. The Morgan fingerprint density at radius 1 is 1.32 bits per heavy atom.